The van der Waals surface area contributed by atoms with Crippen molar-refractivity contribution in [3.05, 3.63) is 65.2 Å². The molecule has 0 spiro atoms. The van der Waals surface area contributed by atoms with Crippen LogP contribution in [0.3, 0.4) is 0 Å². The summed E-state index contributed by atoms with van der Waals surface area (Å²) in [4.78, 5) is 6.43. The van der Waals surface area contributed by atoms with Crippen LogP contribution in [0.2, 0.25) is 0 Å². The Balaban J connectivity index is 1.69. The summed E-state index contributed by atoms with van der Waals surface area (Å²) < 4.78 is 0. The summed E-state index contributed by atoms with van der Waals surface area (Å²) in [5, 5.41) is 11.7. The quantitative estimate of drug-likeness (QED) is 0.787. The van der Waals surface area contributed by atoms with Crippen molar-refractivity contribution in [1.82, 2.24) is 5.06 Å². The minimum Gasteiger partial charge on any atom is -0.508 e. The minimum atomic E-state index is 0.0409. The maximum absolute atomic E-state index is 9.51. The molecule has 134 valence electrons. The monoisotopic (exact) mass is 339 g/mol. The summed E-state index contributed by atoms with van der Waals surface area (Å²) in [6.45, 7) is 5.27. The molecule has 0 radical (unpaired) electrons. The molecule has 0 aliphatic carbocycles. The first-order chi connectivity index (χ1) is 12.2. The van der Waals surface area contributed by atoms with Crippen LogP contribution < -0.4 is 0 Å². The van der Waals surface area contributed by atoms with Crippen molar-refractivity contribution in [2.75, 3.05) is 6.54 Å². The van der Waals surface area contributed by atoms with Crippen LogP contribution in [-0.4, -0.2) is 22.8 Å². The van der Waals surface area contributed by atoms with Crippen molar-refractivity contribution in [2.45, 2.75) is 58.1 Å². The maximum Gasteiger partial charge on any atom is 0.115 e. The first-order valence-corrected chi connectivity index (χ1v) is 9.43. The molecular weight excluding hydrogens is 310 g/mol. The van der Waals surface area contributed by atoms with E-state index in [2.05, 4.69) is 43.2 Å². The van der Waals surface area contributed by atoms with Gasteiger partial charge >= 0.3 is 0 Å². The SMILES string of the molecule is CCC(ON1CCCCC1Cc1ccc(C)cc1)c1ccc(O)cc1. The highest BCUT2D eigenvalue weighted by Gasteiger charge is 2.26. The number of nitrogens with zero attached hydrogens (tertiary/aromatic N) is 1. The molecule has 0 bridgehead atoms. The van der Waals surface area contributed by atoms with E-state index in [-0.39, 0.29) is 6.10 Å². The number of benzene rings is 2. The van der Waals surface area contributed by atoms with Gasteiger partial charge in [0.05, 0.1) is 0 Å². The van der Waals surface area contributed by atoms with Crippen LogP contribution in [-0.2, 0) is 11.3 Å². The highest BCUT2D eigenvalue weighted by Crippen LogP contribution is 2.29. The fourth-order valence-electron chi connectivity index (χ4n) is 3.54. The first kappa shape index (κ1) is 18.0. The number of aryl methyl sites for hydroxylation is 1. The highest BCUT2D eigenvalue weighted by atomic mass is 16.7. The molecule has 0 amide bonds. The standard InChI is InChI=1S/C22H29NO2/c1-3-22(19-11-13-21(24)14-12-19)25-23-15-5-4-6-20(23)16-18-9-7-17(2)8-10-18/h7-14,20,22,24H,3-6,15-16H2,1-2H3. The Hall–Kier alpha value is -1.84. The van der Waals surface area contributed by atoms with Gasteiger partial charge in [0, 0.05) is 12.6 Å². The Bertz CT molecular complexity index is 651. The van der Waals surface area contributed by atoms with Crippen LogP contribution in [0, 0.1) is 6.92 Å². The second kappa shape index (κ2) is 8.50. The van der Waals surface area contributed by atoms with Crippen LogP contribution in [0.15, 0.2) is 48.5 Å². The molecule has 25 heavy (non-hydrogen) atoms. The fraction of sp³-hybridized carbons (Fsp3) is 0.455. The molecule has 0 aromatic heterocycles. The number of phenols is 1. The zero-order valence-corrected chi connectivity index (χ0v) is 15.3. The molecule has 2 unspecified atom stereocenters. The van der Waals surface area contributed by atoms with Gasteiger partial charge in [-0.2, -0.15) is 5.06 Å². The van der Waals surface area contributed by atoms with Crippen LogP contribution in [0.4, 0.5) is 0 Å². The van der Waals surface area contributed by atoms with E-state index in [4.69, 9.17) is 4.84 Å². The molecule has 1 N–H and O–H groups in total. The second-order valence-electron chi connectivity index (χ2n) is 7.07. The van der Waals surface area contributed by atoms with Crippen molar-refractivity contribution in [1.29, 1.82) is 0 Å². The van der Waals surface area contributed by atoms with Gasteiger partial charge < -0.3 is 5.11 Å². The van der Waals surface area contributed by atoms with Gasteiger partial charge in [-0.15, -0.1) is 0 Å². The summed E-state index contributed by atoms with van der Waals surface area (Å²) in [7, 11) is 0. The summed E-state index contributed by atoms with van der Waals surface area (Å²) in [5.41, 5.74) is 3.81. The third-order valence-corrected chi connectivity index (χ3v) is 5.06. The largest absolute Gasteiger partial charge is 0.508 e. The lowest BCUT2D eigenvalue weighted by Crippen LogP contribution is -2.41. The number of hydroxylamine groups is 2. The van der Waals surface area contributed by atoms with Gasteiger partial charge in [-0.3, -0.25) is 4.84 Å². The number of hydrogen-bond donors (Lipinski definition) is 1. The zero-order chi connectivity index (χ0) is 17.6. The number of piperidine rings is 1. The lowest BCUT2D eigenvalue weighted by atomic mass is 9.97. The Morgan fingerprint density at radius 3 is 2.48 bits per heavy atom. The molecule has 1 aliphatic heterocycles. The maximum atomic E-state index is 9.51. The molecule has 3 nitrogen and oxygen atoms in total. The summed E-state index contributed by atoms with van der Waals surface area (Å²) in [5.74, 6) is 0.300. The molecule has 3 heteroatoms. The molecule has 0 saturated carbocycles. The lowest BCUT2D eigenvalue weighted by Gasteiger charge is -2.37. The van der Waals surface area contributed by atoms with Gasteiger partial charge in [0.1, 0.15) is 11.9 Å². The van der Waals surface area contributed by atoms with Gasteiger partial charge in [-0.25, -0.2) is 0 Å². The molecule has 1 saturated heterocycles. The van der Waals surface area contributed by atoms with E-state index in [0.717, 1.165) is 24.9 Å². The Labute approximate surface area is 151 Å². The third kappa shape index (κ3) is 4.83. The molecule has 1 aliphatic rings. The zero-order valence-electron chi connectivity index (χ0n) is 15.3. The van der Waals surface area contributed by atoms with E-state index in [0.29, 0.717) is 11.8 Å². The highest BCUT2D eigenvalue weighted by molar-refractivity contribution is 5.27. The molecule has 2 atom stereocenters. The molecule has 2 aromatic rings. The summed E-state index contributed by atoms with van der Waals surface area (Å²) >= 11 is 0. The van der Waals surface area contributed by atoms with E-state index in [9.17, 15) is 5.11 Å². The van der Waals surface area contributed by atoms with Crippen LogP contribution in [0.25, 0.3) is 0 Å². The van der Waals surface area contributed by atoms with Gasteiger partial charge in [0.2, 0.25) is 0 Å². The first-order valence-electron chi connectivity index (χ1n) is 9.43. The summed E-state index contributed by atoms with van der Waals surface area (Å²) in [6.07, 6.45) is 5.63. The van der Waals surface area contributed by atoms with Crippen LogP contribution in [0.1, 0.15) is 55.4 Å². The topological polar surface area (TPSA) is 32.7 Å². The average Bonchev–Trinajstić information content (AvgIpc) is 2.64. The Morgan fingerprint density at radius 2 is 1.80 bits per heavy atom. The molecule has 1 fully saturated rings. The number of hydrogen-bond acceptors (Lipinski definition) is 3. The van der Waals surface area contributed by atoms with Gasteiger partial charge in [0.25, 0.3) is 0 Å². The van der Waals surface area contributed by atoms with Gasteiger partial charge in [-0.05, 0) is 55.9 Å². The van der Waals surface area contributed by atoms with Crippen molar-refractivity contribution in [2.24, 2.45) is 0 Å². The third-order valence-electron chi connectivity index (χ3n) is 5.06. The van der Waals surface area contributed by atoms with Gasteiger partial charge in [-0.1, -0.05) is 55.3 Å². The smallest absolute Gasteiger partial charge is 0.115 e. The molecule has 1 heterocycles. The lowest BCUT2D eigenvalue weighted by molar-refractivity contribution is -0.234. The normalized spacial score (nSPS) is 19.7. The number of aromatic hydroxyl groups is 1. The fourth-order valence-corrected chi connectivity index (χ4v) is 3.54. The van der Waals surface area contributed by atoms with E-state index < -0.39 is 0 Å². The van der Waals surface area contributed by atoms with Crippen molar-refractivity contribution >= 4 is 0 Å². The van der Waals surface area contributed by atoms with E-state index >= 15 is 0 Å². The Morgan fingerprint density at radius 1 is 1.08 bits per heavy atom. The van der Waals surface area contributed by atoms with E-state index in [1.165, 1.54) is 30.4 Å². The van der Waals surface area contributed by atoms with Crippen molar-refractivity contribution in [3.8, 4) is 5.75 Å². The molecule has 3 rings (SSSR count). The van der Waals surface area contributed by atoms with E-state index in [1.807, 2.05) is 12.1 Å². The molecular formula is C22H29NO2. The predicted octanol–water partition coefficient (Wildman–Crippen LogP) is 5.18. The number of phenolic OH excluding ortho intramolecular Hbond substituents is 1. The second-order valence-corrected chi connectivity index (χ2v) is 7.07. The van der Waals surface area contributed by atoms with Crippen molar-refractivity contribution < 1.29 is 9.94 Å². The van der Waals surface area contributed by atoms with Crippen molar-refractivity contribution in [3.63, 3.8) is 0 Å². The van der Waals surface area contributed by atoms with Crippen LogP contribution >= 0.6 is 0 Å². The minimum absolute atomic E-state index is 0.0409. The number of rotatable bonds is 6. The van der Waals surface area contributed by atoms with Gasteiger partial charge in [0.15, 0.2) is 0 Å². The predicted molar refractivity (Wildman–Crippen MR) is 101 cm³/mol. The summed E-state index contributed by atoms with van der Waals surface area (Å²) in [6, 6.07) is 16.7. The van der Waals surface area contributed by atoms with Crippen LogP contribution in [0.5, 0.6) is 5.75 Å². The van der Waals surface area contributed by atoms with E-state index in [1.54, 1.807) is 12.1 Å². The average molecular weight is 339 g/mol. The molecule has 2 aromatic carbocycles. The Kier molecular flexibility index (Phi) is 6.11.